The average Bonchev–Trinajstić information content (AvgIpc) is 2.64. The normalized spacial score (nSPS) is 21.5. The van der Waals surface area contributed by atoms with Crippen molar-refractivity contribution >= 4 is 0 Å². The van der Waals surface area contributed by atoms with Gasteiger partial charge in [0.1, 0.15) is 0 Å². The van der Waals surface area contributed by atoms with Gasteiger partial charge in [0.2, 0.25) is 5.89 Å². The summed E-state index contributed by atoms with van der Waals surface area (Å²) in [5, 5.41) is 7.49. The van der Waals surface area contributed by atoms with Crippen LogP contribution in [0.25, 0.3) is 0 Å². The molecule has 1 aromatic heterocycles. The maximum absolute atomic E-state index is 5.24. The summed E-state index contributed by atoms with van der Waals surface area (Å²) in [6.45, 7) is 7.17. The van der Waals surface area contributed by atoms with Crippen molar-refractivity contribution in [3.8, 4) is 0 Å². The van der Waals surface area contributed by atoms with Crippen molar-refractivity contribution in [2.45, 2.75) is 51.6 Å². The van der Waals surface area contributed by atoms with E-state index in [9.17, 15) is 0 Å². The Hall–Kier alpha value is -0.940. The Kier molecular flexibility index (Phi) is 4.72. The SMILES string of the molecule is CC(C)c1nc(CN(C)C2CCCNCC2)no1. The molecule has 0 amide bonds. The van der Waals surface area contributed by atoms with E-state index >= 15 is 0 Å². The molecule has 0 saturated carbocycles. The van der Waals surface area contributed by atoms with Crippen molar-refractivity contribution in [2.24, 2.45) is 0 Å². The van der Waals surface area contributed by atoms with Gasteiger partial charge in [0, 0.05) is 12.0 Å². The van der Waals surface area contributed by atoms with Gasteiger partial charge in [-0.15, -0.1) is 0 Å². The molecule has 1 aliphatic rings. The van der Waals surface area contributed by atoms with Gasteiger partial charge in [0.25, 0.3) is 0 Å². The fourth-order valence-electron chi connectivity index (χ4n) is 2.36. The molecule has 5 nitrogen and oxygen atoms in total. The first-order chi connectivity index (χ1) is 8.66. The lowest BCUT2D eigenvalue weighted by Gasteiger charge is -2.25. The van der Waals surface area contributed by atoms with Crippen molar-refractivity contribution in [2.75, 3.05) is 20.1 Å². The first kappa shape index (κ1) is 13.5. The van der Waals surface area contributed by atoms with Crippen molar-refractivity contribution in [3.63, 3.8) is 0 Å². The highest BCUT2D eigenvalue weighted by Crippen LogP contribution is 2.15. The monoisotopic (exact) mass is 252 g/mol. The molecule has 1 saturated heterocycles. The third-order valence-corrected chi connectivity index (χ3v) is 3.54. The minimum Gasteiger partial charge on any atom is -0.339 e. The standard InChI is InChI=1S/C13H24N4O/c1-10(2)13-15-12(16-18-13)9-17(3)11-5-4-7-14-8-6-11/h10-11,14H,4-9H2,1-3H3. The molecule has 102 valence electrons. The molecule has 2 rings (SSSR count). The predicted octanol–water partition coefficient (Wildman–Crippen LogP) is 1.77. The smallest absolute Gasteiger partial charge is 0.229 e. The van der Waals surface area contributed by atoms with Crippen LogP contribution >= 0.6 is 0 Å². The van der Waals surface area contributed by atoms with Crippen LogP contribution in [0.3, 0.4) is 0 Å². The van der Waals surface area contributed by atoms with Crippen molar-refractivity contribution in [1.82, 2.24) is 20.4 Å². The van der Waals surface area contributed by atoms with Crippen LogP contribution in [-0.2, 0) is 6.54 Å². The van der Waals surface area contributed by atoms with E-state index in [1.807, 2.05) is 0 Å². The lowest BCUT2D eigenvalue weighted by molar-refractivity contribution is 0.209. The van der Waals surface area contributed by atoms with Gasteiger partial charge in [0.15, 0.2) is 5.82 Å². The number of aromatic nitrogens is 2. The zero-order valence-electron chi connectivity index (χ0n) is 11.6. The predicted molar refractivity (Wildman–Crippen MR) is 70.4 cm³/mol. The van der Waals surface area contributed by atoms with E-state index < -0.39 is 0 Å². The molecule has 5 heteroatoms. The van der Waals surface area contributed by atoms with Gasteiger partial charge in [-0.25, -0.2) is 0 Å². The first-order valence-corrected chi connectivity index (χ1v) is 6.90. The van der Waals surface area contributed by atoms with Crippen molar-refractivity contribution in [3.05, 3.63) is 11.7 Å². The van der Waals surface area contributed by atoms with Gasteiger partial charge in [-0.1, -0.05) is 19.0 Å². The summed E-state index contributed by atoms with van der Waals surface area (Å²) in [6.07, 6.45) is 3.70. The van der Waals surface area contributed by atoms with Crippen LogP contribution < -0.4 is 5.32 Å². The van der Waals surface area contributed by atoms with E-state index in [-0.39, 0.29) is 0 Å². The minimum atomic E-state index is 0.304. The highest BCUT2D eigenvalue weighted by Gasteiger charge is 2.19. The molecule has 0 aromatic carbocycles. The van der Waals surface area contributed by atoms with Crippen LogP contribution in [-0.4, -0.2) is 41.2 Å². The van der Waals surface area contributed by atoms with Gasteiger partial charge in [-0.05, 0) is 39.4 Å². The number of nitrogens with zero attached hydrogens (tertiary/aromatic N) is 3. The molecule has 1 aromatic rings. The zero-order valence-corrected chi connectivity index (χ0v) is 11.6. The average molecular weight is 252 g/mol. The molecule has 0 radical (unpaired) electrons. The minimum absolute atomic E-state index is 0.304. The molecule has 1 unspecified atom stereocenters. The van der Waals surface area contributed by atoms with Crippen molar-refractivity contribution < 1.29 is 4.52 Å². The summed E-state index contributed by atoms with van der Waals surface area (Å²) in [5.74, 6) is 1.85. The van der Waals surface area contributed by atoms with E-state index in [4.69, 9.17) is 4.52 Å². The first-order valence-electron chi connectivity index (χ1n) is 6.90. The molecule has 0 aliphatic carbocycles. The Morgan fingerprint density at radius 2 is 2.22 bits per heavy atom. The van der Waals surface area contributed by atoms with Crippen LogP contribution in [0, 0.1) is 0 Å². The lowest BCUT2D eigenvalue weighted by Crippen LogP contribution is -2.32. The maximum atomic E-state index is 5.24. The third kappa shape index (κ3) is 3.53. The quantitative estimate of drug-likeness (QED) is 0.885. The molecular weight excluding hydrogens is 228 g/mol. The molecule has 1 atom stereocenters. The van der Waals surface area contributed by atoms with Crippen LogP contribution in [0.5, 0.6) is 0 Å². The van der Waals surface area contributed by atoms with E-state index in [1.165, 1.54) is 19.3 Å². The Morgan fingerprint density at radius 3 is 2.94 bits per heavy atom. The summed E-state index contributed by atoms with van der Waals surface area (Å²) in [5.41, 5.74) is 0. The molecule has 1 aliphatic heterocycles. The Labute approximate surface area is 109 Å². The fraction of sp³-hybridized carbons (Fsp3) is 0.846. The van der Waals surface area contributed by atoms with E-state index in [1.54, 1.807) is 0 Å². The maximum Gasteiger partial charge on any atom is 0.229 e. The summed E-state index contributed by atoms with van der Waals surface area (Å²) in [7, 11) is 2.15. The molecule has 0 bridgehead atoms. The molecule has 1 fully saturated rings. The third-order valence-electron chi connectivity index (χ3n) is 3.54. The summed E-state index contributed by atoms with van der Waals surface area (Å²) in [4.78, 5) is 6.78. The Bertz CT molecular complexity index is 356. The second kappa shape index (κ2) is 6.29. The van der Waals surface area contributed by atoms with Crippen LogP contribution in [0.2, 0.25) is 0 Å². The van der Waals surface area contributed by atoms with Gasteiger partial charge in [-0.3, -0.25) is 4.90 Å². The van der Waals surface area contributed by atoms with E-state index in [2.05, 4.69) is 41.3 Å². The van der Waals surface area contributed by atoms with Crippen LogP contribution in [0.15, 0.2) is 4.52 Å². The summed E-state index contributed by atoms with van der Waals surface area (Å²) < 4.78 is 5.24. The summed E-state index contributed by atoms with van der Waals surface area (Å²) in [6, 6.07) is 0.626. The van der Waals surface area contributed by atoms with Gasteiger partial charge in [0.05, 0.1) is 6.54 Å². The second-order valence-electron chi connectivity index (χ2n) is 5.45. The summed E-state index contributed by atoms with van der Waals surface area (Å²) >= 11 is 0. The van der Waals surface area contributed by atoms with Gasteiger partial charge >= 0.3 is 0 Å². The molecular formula is C13H24N4O. The zero-order chi connectivity index (χ0) is 13.0. The number of nitrogens with one attached hydrogen (secondary N) is 1. The highest BCUT2D eigenvalue weighted by molar-refractivity contribution is 4.91. The fourth-order valence-corrected chi connectivity index (χ4v) is 2.36. The van der Waals surface area contributed by atoms with Crippen molar-refractivity contribution in [1.29, 1.82) is 0 Å². The molecule has 0 spiro atoms. The van der Waals surface area contributed by atoms with Crippen LogP contribution in [0.1, 0.15) is 50.7 Å². The topological polar surface area (TPSA) is 54.2 Å². The van der Waals surface area contributed by atoms with Gasteiger partial charge < -0.3 is 9.84 Å². The van der Waals surface area contributed by atoms with E-state index in [0.717, 1.165) is 31.3 Å². The highest BCUT2D eigenvalue weighted by atomic mass is 16.5. The molecule has 18 heavy (non-hydrogen) atoms. The van der Waals surface area contributed by atoms with Gasteiger partial charge in [-0.2, -0.15) is 4.98 Å². The number of hydrogen-bond acceptors (Lipinski definition) is 5. The Balaban J connectivity index is 1.90. The number of hydrogen-bond donors (Lipinski definition) is 1. The molecule has 2 heterocycles. The second-order valence-corrected chi connectivity index (χ2v) is 5.45. The largest absolute Gasteiger partial charge is 0.339 e. The molecule has 1 N–H and O–H groups in total. The Morgan fingerprint density at radius 1 is 1.39 bits per heavy atom. The number of rotatable bonds is 4. The van der Waals surface area contributed by atoms with Crippen LogP contribution in [0.4, 0.5) is 0 Å². The van der Waals surface area contributed by atoms with E-state index in [0.29, 0.717) is 12.0 Å². The lowest BCUT2D eigenvalue weighted by atomic mass is 10.1.